The Hall–Kier alpha value is -4.04. The fourth-order valence-electron chi connectivity index (χ4n) is 2.47. The number of nitrogens with one attached hydrogen (secondary N) is 2. The highest BCUT2D eigenvalue weighted by molar-refractivity contribution is 6.06. The van der Waals surface area contributed by atoms with E-state index in [0.717, 1.165) is 17.0 Å². The molecule has 3 rings (SSSR count). The summed E-state index contributed by atoms with van der Waals surface area (Å²) >= 11 is 0. The standard InChI is InChI=1S/C23H19N3O2/c1-17-6-5-7-20(14-17)25-16-18(15-24)23(27)26-19-10-12-22(13-11-19)28-21-8-3-2-4-9-21/h2-14,16,25H,1H3,(H,26,27)/b18-16-. The lowest BCUT2D eigenvalue weighted by atomic mass is 10.2. The highest BCUT2D eigenvalue weighted by atomic mass is 16.5. The van der Waals surface area contributed by atoms with E-state index in [-0.39, 0.29) is 5.57 Å². The zero-order valence-corrected chi connectivity index (χ0v) is 15.3. The van der Waals surface area contributed by atoms with E-state index in [9.17, 15) is 10.1 Å². The number of nitrogens with zero attached hydrogens (tertiary/aromatic N) is 1. The third-order valence-corrected chi connectivity index (χ3v) is 3.86. The van der Waals surface area contributed by atoms with Crippen molar-refractivity contribution in [2.45, 2.75) is 6.92 Å². The summed E-state index contributed by atoms with van der Waals surface area (Å²) < 4.78 is 5.72. The van der Waals surface area contributed by atoms with Gasteiger partial charge < -0.3 is 15.4 Å². The van der Waals surface area contributed by atoms with Gasteiger partial charge in [0.05, 0.1) is 0 Å². The molecule has 5 nitrogen and oxygen atoms in total. The van der Waals surface area contributed by atoms with Crippen LogP contribution in [0.5, 0.6) is 11.5 Å². The Kier molecular flexibility index (Phi) is 6.06. The van der Waals surface area contributed by atoms with Gasteiger partial charge in [0.25, 0.3) is 5.91 Å². The Labute approximate surface area is 163 Å². The number of benzene rings is 3. The maximum atomic E-state index is 12.3. The molecule has 0 unspecified atom stereocenters. The first-order valence-electron chi connectivity index (χ1n) is 8.72. The van der Waals surface area contributed by atoms with Crippen LogP contribution in [0.3, 0.4) is 0 Å². The van der Waals surface area contributed by atoms with Crippen molar-refractivity contribution in [3.05, 3.63) is 96.2 Å². The number of carbonyl (C=O) groups excluding carboxylic acids is 1. The summed E-state index contributed by atoms with van der Waals surface area (Å²) in [5.41, 5.74) is 2.44. The minimum absolute atomic E-state index is 0.0221. The second-order valence-corrected chi connectivity index (χ2v) is 6.08. The van der Waals surface area contributed by atoms with E-state index in [1.807, 2.05) is 67.6 Å². The van der Waals surface area contributed by atoms with E-state index in [1.165, 1.54) is 6.20 Å². The van der Waals surface area contributed by atoms with Crippen LogP contribution < -0.4 is 15.4 Å². The average Bonchev–Trinajstić information content (AvgIpc) is 2.71. The fourth-order valence-corrected chi connectivity index (χ4v) is 2.47. The topological polar surface area (TPSA) is 74.2 Å². The summed E-state index contributed by atoms with van der Waals surface area (Å²) in [5.74, 6) is 0.900. The summed E-state index contributed by atoms with van der Waals surface area (Å²) in [7, 11) is 0. The molecule has 28 heavy (non-hydrogen) atoms. The van der Waals surface area contributed by atoms with Crippen LogP contribution in [0, 0.1) is 18.3 Å². The van der Waals surface area contributed by atoms with Crippen LogP contribution >= 0.6 is 0 Å². The minimum atomic E-state index is -0.487. The molecule has 1 amide bonds. The number of hydrogen-bond acceptors (Lipinski definition) is 4. The number of anilines is 2. The maximum absolute atomic E-state index is 12.3. The molecule has 0 saturated heterocycles. The predicted octanol–water partition coefficient (Wildman–Crippen LogP) is 5.25. The van der Waals surface area contributed by atoms with Crippen molar-refractivity contribution >= 4 is 17.3 Å². The number of aryl methyl sites for hydroxylation is 1. The van der Waals surface area contributed by atoms with Crippen LogP contribution in [0.1, 0.15) is 5.56 Å². The quantitative estimate of drug-likeness (QED) is 0.460. The third-order valence-electron chi connectivity index (χ3n) is 3.86. The highest BCUT2D eigenvalue weighted by Gasteiger charge is 2.09. The molecule has 0 fully saturated rings. The summed E-state index contributed by atoms with van der Waals surface area (Å²) in [4.78, 5) is 12.3. The molecule has 3 aromatic rings. The molecular formula is C23H19N3O2. The second-order valence-electron chi connectivity index (χ2n) is 6.08. The molecule has 5 heteroatoms. The number of rotatable bonds is 6. The van der Waals surface area contributed by atoms with Crippen molar-refractivity contribution in [1.29, 1.82) is 5.26 Å². The van der Waals surface area contributed by atoms with Crippen LogP contribution in [0.25, 0.3) is 0 Å². The second kappa shape index (κ2) is 9.06. The molecule has 0 heterocycles. The molecule has 0 aliphatic carbocycles. The van der Waals surface area contributed by atoms with E-state index in [0.29, 0.717) is 11.4 Å². The van der Waals surface area contributed by atoms with Gasteiger partial charge >= 0.3 is 0 Å². The number of ether oxygens (including phenoxy) is 1. The van der Waals surface area contributed by atoms with Gasteiger partial charge in [0.1, 0.15) is 23.1 Å². The minimum Gasteiger partial charge on any atom is -0.457 e. The smallest absolute Gasteiger partial charge is 0.267 e. The average molecular weight is 369 g/mol. The van der Waals surface area contributed by atoms with Crippen molar-refractivity contribution in [2.24, 2.45) is 0 Å². The molecular weight excluding hydrogens is 350 g/mol. The summed E-state index contributed by atoms with van der Waals surface area (Å²) in [6, 6.07) is 25.9. The van der Waals surface area contributed by atoms with E-state index in [1.54, 1.807) is 24.3 Å². The predicted molar refractivity (Wildman–Crippen MR) is 110 cm³/mol. The first-order chi connectivity index (χ1) is 13.6. The molecule has 2 N–H and O–H groups in total. The zero-order chi connectivity index (χ0) is 19.8. The lowest BCUT2D eigenvalue weighted by Crippen LogP contribution is -2.14. The van der Waals surface area contributed by atoms with Gasteiger partial charge in [0, 0.05) is 17.6 Å². The maximum Gasteiger partial charge on any atom is 0.267 e. The van der Waals surface area contributed by atoms with E-state index < -0.39 is 5.91 Å². The molecule has 138 valence electrons. The van der Waals surface area contributed by atoms with Gasteiger partial charge in [-0.05, 0) is 61.0 Å². The highest BCUT2D eigenvalue weighted by Crippen LogP contribution is 2.22. The summed E-state index contributed by atoms with van der Waals surface area (Å²) in [6.45, 7) is 1.97. The molecule has 3 aromatic carbocycles. The SMILES string of the molecule is Cc1cccc(N/C=C(/C#N)C(=O)Nc2ccc(Oc3ccccc3)cc2)c1. The number of amides is 1. The lowest BCUT2D eigenvalue weighted by molar-refractivity contribution is -0.112. The lowest BCUT2D eigenvalue weighted by Gasteiger charge is -2.08. The van der Waals surface area contributed by atoms with Crippen LogP contribution in [0.15, 0.2) is 90.6 Å². The Bertz CT molecular complexity index is 1020. The first-order valence-corrected chi connectivity index (χ1v) is 8.72. The van der Waals surface area contributed by atoms with Gasteiger partial charge in [-0.3, -0.25) is 4.79 Å². The number of hydrogen-bond donors (Lipinski definition) is 2. The molecule has 0 atom stereocenters. The van der Waals surface area contributed by atoms with Crippen LogP contribution in [0.4, 0.5) is 11.4 Å². The molecule has 0 bridgehead atoms. The Balaban J connectivity index is 1.62. The molecule has 0 radical (unpaired) electrons. The largest absolute Gasteiger partial charge is 0.457 e. The molecule has 0 aromatic heterocycles. The summed E-state index contributed by atoms with van der Waals surface area (Å²) in [6.07, 6.45) is 1.40. The van der Waals surface area contributed by atoms with E-state index in [4.69, 9.17) is 4.74 Å². The van der Waals surface area contributed by atoms with Crippen LogP contribution in [-0.2, 0) is 4.79 Å². The molecule has 0 spiro atoms. The normalized spacial score (nSPS) is 10.6. The van der Waals surface area contributed by atoms with Crippen molar-refractivity contribution in [2.75, 3.05) is 10.6 Å². The van der Waals surface area contributed by atoms with Gasteiger partial charge in [-0.15, -0.1) is 0 Å². The van der Waals surface area contributed by atoms with Crippen LogP contribution in [0.2, 0.25) is 0 Å². The van der Waals surface area contributed by atoms with Gasteiger partial charge in [0.15, 0.2) is 0 Å². The van der Waals surface area contributed by atoms with Crippen molar-refractivity contribution < 1.29 is 9.53 Å². The van der Waals surface area contributed by atoms with Gasteiger partial charge in [0.2, 0.25) is 0 Å². The van der Waals surface area contributed by atoms with Crippen molar-refractivity contribution in [1.82, 2.24) is 0 Å². The van der Waals surface area contributed by atoms with Crippen molar-refractivity contribution in [3.8, 4) is 17.6 Å². The monoisotopic (exact) mass is 369 g/mol. The Morgan fingerprint density at radius 3 is 2.32 bits per heavy atom. The summed E-state index contributed by atoms with van der Waals surface area (Å²) in [5, 5.41) is 15.0. The Morgan fingerprint density at radius 2 is 1.64 bits per heavy atom. The van der Waals surface area contributed by atoms with Gasteiger partial charge in [-0.1, -0.05) is 30.3 Å². The van der Waals surface area contributed by atoms with E-state index in [2.05, 4.69) is 10.6 Å². The molecule has 0 aliphatic rings. The molecule has 0 saturated carbocycles. The van der Waals surface area contributed by atoms with Gasteiger partial charge in [-0.2, -0.15) is 5.26 Å². The zero-order valence-electron chi connectivity index (χ0n) is 15.3. The third kappa shape index (κ3) is 5.23. The first kappa shape index (κ1) is 18.7. The number of carbonyl (C=O) groups is 1. The number of nitriles is 1. The van der Waals surface area contributed by atoms with Gasteiger partial charge in [-0.25, -0.2) is 0 Å². The van der Waals surface area contributed by atoms with E-state index >= 15 is 0 Å². The Morgan fingerprint density at radius 1 is 0.929 bits per heavy atom. The molecule has 0 aliphatic heterocycles. The fraction of sp³-hybridized carbons (Fsp3) is 0.0435. The van der Waals surface area contributed by atoms with Crippen molar-refractivity contribution in [3.63, 3.8) is 0 Å². The number of para-hydroxylation sites is 1. The van der Waals surface area contributed by atoms with Crippen LogP contribution in [-0.4, -0.2) is 5.91 Å².